The highest BCUT2D eigenvalue weighted by atomic mass is 16.6. The fourth-order valence-corrected chi connectivity index (χ4v) is 1.29. The van der Waals surface area contributed by atoms with Gasteiger partial charge in [0.05, 0.1) is 29.7 Å². The quantitative estimate of drug-likeness (QED) is 0.357. The maximum absolute atomic E-state index is 11.1. The first-order chi connectivity index (χ1) is 7.99. The van der Waals surface area contributed by atoms with Crippen LogP contribution in [0.4, 0.5) is 11.4 Å². The maximum Gasteiger partial charge on any atom is 0.310 e. The summed E-state index contributed by atoms with van der Waals surface area (Å²) >= 11 is 0. The largest absolute Gasteiger partial charge is 0.469 e. The molecule has 0 spiro atoms. The van der Waals surface area contributed by atoms with Crippen molar-refractivity contribution in [2.24, 2.45) is 0 Å². The molecule has 0 radical (unpaired) electrons. The first kappa shape index (κ1) is 12.4. The Labute approximate surface area is 96.6 Å². The van der Waals surface area contributed by atoms with Crippen LogP contribution in [0.1, 0.15) is 11.1 Å². The van der Waals surface area contributed by atoms with Gasteiger partial charge < -0.3 is 10.5 Å². The molecule has 0 aliphatic carbocycles. The van der Waals surface area contributed by atoms with Crippen LogP contribution < -0.4 is 5.73 Å². The summed E-state index contributed by atoms with van der Waals surface area (Å²) in [5.41, 5.74) is 5.36. The zero-order valence-electron chi connectivity index (χ0n) is 8.97. The lowest BCUT2D eigenvalue weighted by atomic mass is 10.0. The van der Waals surface area contributed by atoms with Gasteiger partial charge in [0.15, 0.2) is 0 Å². The molecule has 0 aromatic heterocycles. The van der Waals surface area contributed by atoms with Crippen LogP contribution in [-0.2, 0) is 16.0 Å². The van der Waals surface area contributed by atoms with Crippen LogP contribution in [0.5, 0.6) is 0 Å². The minimum absolute atomic E-state index is 0.00724. The van der Waals surface area contributed by atoms with Gasteiger partial charge in [-0.3, -0.25) is 14.9 Å². The average Bonchev–Trinajstić information content (AvgIpc) is 2.30. The van der Waals surface area contributed by atoms with E-state index < -0.39 is 10.9 Å². The lowest BCUT2D eigenvalue weighted by Gasteiger charge is -2.04. The van der Waals surface area contributed by atoms with Crippen molar-refractivity contribution in [1.29, 1.82) is 5.26 Å². The fraction of sp³-hybridized carbons (Fsp3) is 0.200. The zero-order chi connectivity index (χ0) is 13.0. The number of benzene rings is 1. The van der Waals surface area contributed by atoms with E-state index in [2.05, 4.69) is 4.74 Å². The standard InChI is InChI=1S/C10H9N3O4/c1-17-10(14)3-6-2-7(5-11)8(12)4-9(6)13(15)16/h2,4H,3,12H2,1H3. The summed E-state index contributed by atoms with van der Waals surface area (Å²) in [6.07, 6.45) is -0.276. The summed E-state index contributed by atoms with van der Waals surface area (Å²) in [7, 11) is 1.18. The van der Waals surface area contributed by atoms with Crippen molar-refractivity contribution in [3.05, 3.63) is 33.4 Å². The second-order valence-corrected chi connectivity index (χ2v) is 3.19. The van der Waals surface area contributed by atoms with Crippen LogP contribution in [0.25, 0.3) is 0 Å². The molecule has 0 atom stereocenters. The topological polar surface area (TPSA) is 119 Å². The number of carbonyl (C=O) groups is 1. The van der Waals surface area contributed by atoms with Crippen molar-refractivity contribution in [3.63, 3.8) is 0 Å². The van der Waals surface area contributed by atoms with Crippen LogP contribution in [-0.4, -0.2) is 18.0 Å². The molecule has 0 fully saturated rings. The number of anilines is 1. The Morgan fingerprint density at radius 3 is 2.76 bits per heavy atom. The monoisotopic (exact) mass is 235 g/mol. The summed E-state index contributed by atoms with van der Waals surface area (Å²) in [6, 6.07) is 4.09. The molecule has 1 rings (SSSR count). The van der Waals surface area contributed by atoms with E-state index >= 15 is 0 Å². The predicted molar refractivity (Wildman–Crippen MR) is 57.9 cm³/mol. The number of nitrogens with zero attached hydrogens (tertiary/aromatic N) is 2. The molecule has 1 aromatic carbocycles. The van der Waals surface area contributed by atoms with Gasteiger partial charge >= 0.3 is 5.97 Å². The van der Waals surface area contributed by atoms with Crippen molar-refractivity contribution in [1.82, 2.24) is 0 Å². The SMILES string of the molecule is COC(=O)Cc1cc(C#N)c(N)cc1[N+](=O)[O-]. The number of nitriles is 1. The molecule has 2 N–H and O–H groups in total. The lowest BCUT2D eigenvalue weighted by Crippen LogP contribution is -2.08. The molecule has 0 saturated carbocycles. The third kappa shape index (κ3) is 2.69. The summed E-state index contributed by atoms with van der Waals surface area (Å²) in [5, 5.41) is 19.5. The van der Waals surface area contributed by atoms with Gasteiger partial charge in [-0.15, -0.1) is 0 Å². The van der Waals surface area contributed by atoms with Gasteiger partial charge in [0, 0.05) is 11.6 Å². The average molecular weight is 235 g/mol. The van der Waals surface area contributed by atoms with Crippen molar-refractivity contribution in [3.8, 4) is 6.07 Å². The van der Waals surface area contributed by atoms with Crippen LogP contribution in [0, 0.1) is 21.4 Å². The van der Waals surface area contributed by atoms with E-state index in [9.17, 15) is 14.9 Å². The van der Waals surface area contributed by atoms with E-state index in [1.54, 1.807) is 6.07 Å². The highest BCUT2D eigenvalue weighted by molar-refractivity contribution is 5.75. The number of nitrogen functional groups attached to an aromatic ring is 1. The maximum atomic E-state index is 11.1. The van der Waals surface area contributed by atoms with E-state index in [0.29, 0.717) is 0 Å². The van der Waals surface area contributed by atoms with E-state index in [0.717, 1.165) is 6.07 Å². The molecule has 17 heavy (non-hydrogen) atoms. The minimum atomic E-state index is -0.657. The van der Waals surface area contributed by atoms with Gasteiger partial charge in [-0.25, -0.2) is 0 Å². The van der Waals surface area contributed by atoms with Crippen molar-refractivity contribution in [2.75, 3.05) is 12.8 Å². The van der Waals surface area contributed by atoms with Crippen LogP contribution in [0.15, 0.2) is 12.1 Å². The summed E-state index contributed by atoms with van der Waals surface area (Å²) in [5.74, 6) is -0.623. The number of hydrogen-bond donors (Lipinski definition) is 1. The second-order valence-electron chi connectivity index (χ2n) is 3.19. The normalized spacial score (nSPS) is 9.41. The third-order valence-electron chi connectivity index (χ3n) is 2.13. The number of nitro benzene ring substituents is 1. The number of nitro groups is 1. The Morgan fingerprint density at radius 1 is 1.65 bits per heavy atom. The number of esters is 1. The molecule has 0 aliphatic rings. The van der Waals surface area contributed by atoms with Gasteiger partial charge in [0.25, 0.3) is 5.69 Å². The lowest BCUT2D eigenvalue weighted by molar-refractivity contribution is -0.385. The van der Waals surface area contributed by atoms with Gasteiger partial charge in [0.2, 0.25) is 0 Å². The summed E-state index contributed by atoms with van der Waals surface area (Å²) < 4.78 is 4.42. The first-order valence-corrected chi connectivity index (χ1v) is 4.53. The molecule has 7 heteroatoms. The number of carbonyl (C=O) groups excluding carboxylic acids is 1. The summed E-state index contributed by atoms with van der Waals surface area (Å²) in [4.78, 5) is 21.2. The summed E-state index contributed by atoms with van der Waals surface area (Å²) in [6.45, 7) is 0. The number of nitrogens with two attached hydrogens (primary N) is 1. The van der Waals surface area contributed by atoms with E-state index in [1.807, 2.05) is 0 Å². The molecule has 0 unspecified atom stereocenters. The number of methoxy groups -OCH3 is 1. The van der Waals surface area contributed by atoms with Crippen molar-refractivity contribution in [2.45, 2.75) is 6.42 Å². The third-order valence-corrected chi connectivity index (χ3v) is 2.13. The molecule has 88 valence electrons. The van der Waals surface area contributed by atoms with E-state index in [1.165, 1.54) is 13.2 Å². The first-order valence-electron chi connectivity index (χ1n) is 4.53. The fourth-order valence-electron chi connectivity index (χ4n) is 1.29. The van der Waals surface area contributed by atoms with Crippen molar-refractivity contribution < 1.29 is 14.5 Å². The van der Waals surface area contributed by atoms with Crippen LogP contribution >= 0.6 is 0 Å². The highest BCUT2D eigenvalue weighted by Gasteiger charge is 2.19. The van der Waals surface area contributed by atoms with E-state index in [-0.39, 0.29) is 28.9 Å². The Bertz CT molecular complexity index is 519. The molecule has 1 aromatic rings. The van der Waals surface area contributed by atoms with Gasteiger partial charge in [0.1, 0.15) is 6.07 Å². The van der Waals surface area contributed by atoms with Crippen LogP contribution in [0.3, 0.4) is 0 Å². The molecule has 0 aliphatic heterocycles. The Hall–Kier alpha value is -2.62. The van der Waals surface area contributed by atoms with E-state index in [4.69, 9.17) is 11.0 Å². The van der Waals surface area contributed by atoms with Crippen molar-refractivity contribution >= 4 is 17.3 Å². The molecule has 0 heterocycles. The van der Waals surface area contributed by atoms with Crippen LogP contribution in [0.2, 0.25) is 0 Å². The smallest absolute Gasteiger partial charge is 0.310 e. The molecular formula is C10H9N3O4. The molecule has 7 nitrogen and oxygen atoms in total. The zero-order valence-corrected chi connectivity index (χ0v) is 8.97. The number of rotatable bonds is 3. The Kier molecular flexibility index (Phi) is 3.62. The molecule has 0 bridgehead atoms. The second kappa shape index (κ2) is 4.94. The predicted octanol–water partition coefficient (Wildman–Crippen LogP) is 0.764. The Balaban J connectivity index is 3.30. The minimum Gasteiger partial charge on any atom is -0.469 e. The molecular weight excluding hydrogens is 226 g/mol. The molecule has 0 saturated heterocycles. The highest BCUT2D eigenvalue weighted by Crippen LogP contribution is 2.25. The number of hydrogen-bond acceptors (Lipinski definition) is 6. The van der Waals surface area contributed by atoms with Gasteiger partial charge in [-0.1, -0.05) is 0 Å². The van der Waals surface area contributed by atoms with Gasteiger partial charge in [-0.2, -0.15) is 5.26 Å². The number of ether oxygens (including phenoxy) is 1. The van der Waals surface area contributed by atoms with Gasteiger partial charge in [-0.05, 0) is 6.07 Å². The molecule has 0 amide bonds. The Morgan fingerprint density at radius 2 is 2.29 bits per heavy atom.